The molecule has 0 bridgehead atoms. The minimum absolute atomic E-state index is 0.643. The average Bonchev–Trinajstić information content (AvgIpc) is 3.08. The van der Waals surface area contributed by atoms with Crippen molar-refractivity contribution in [2.75, 3.05) is 11.6 Å². The highest BCUT2D eigenvalue weighted by atomic mass is 32.2. The summed E-state index contributed by atoms with van der Waals surface area (Å²) in [5, 5.41) is 7.44. The molecule has 7 heteroatoms. The van der Waals surface area contributed by atoms with Gasteiger partial charge in [0.15, 0.2) is 5.82 Å². The van der Waals surface area contributed by atoms with Crippen molar-refractivity contribution in [3.8, 4) is 5.82 Å². The molecular weight excluding hydrogens is 298 g/mol. The molecule has 0 spiro atoms. The van der Waals surface area contributed by atoms with Crippen molar-refractivity contribution in [1.82, 2.24) is 19.7 Å². The van der Waals surface area contributed by atoms with Crippen LogP contribution < -0.4 is 5.32 Å². The molecule has 1 atom stereocenters. The molecule has 0 amide bonds. The van der Waals surface area contributed by atoms with Crippen molar-refractivity contribution in [3.05, 3.63) is 60.8 Å². The average molecular weight is 313 g/mol. The number of benzene rings is 1. The van der Waals surface area contributed by atoms with Crippen molar-refractivity contribution < 1.29 is 4.21 Å². The van der Waals surface area contributed by atoms with Gasteiger partial charge in [0, 0.05) is 34.7 Å². The smallest absolute Gasteiger partial charge is 0.178 e. The summed E-state index contributed by atoms with van der Waals surface area (Å²) in [7, 11) is -0.950. The van der Waals surface area contributed by atoms with E-state index in [1.165, 1.54) is 6.33 Å². The van der Waals surface area contributed by atoms with E-state index in [0.717, 1.165) is 16.1 Å². The third-order valence-electron chi connectivity index (χ3n) is 3.16. The molecule has 1 N–H and O–H groups in total. The van der Waals surface area contributed by atoms with Crippen molar-refractivity contribution in [3.63, 3.8) is 0 Å². The van der Waals surface area contributed by atoms with Crippen LogP contribution in [0.1, 0.15) is 5.56 Å². The zero-order valence-electron chi connectivity index (χ0n) is 12.0. The van der Waals surface area contributed by atoms with E-state index in [9.17, 15) is 4.21 Å². The van der Waals surface area contributed by atoms with E-state index >= 15 is 0 Å². The highest BCUT2D eigenvalue weighted by Crippen LogP contribution is 2.17. The minimum Gasteiger partial charge on any atom is -0.378 e. The molecule has 1 aromatic carbocycles. The summed E-state index contributed by atoms with van der Waals surface area (Å²) in [6, 6.07) is 11.5. The van der Waals surface area contributed by atoms with Crippen molar-refractivity contribution in [2.45, 2.75) is 11.4 Å². The number of hydrogen-bond donors (Lipinski definition) is 1. The Labute approximate surface area is 130 Å². The number of anilines is 1. The standard InChI is InChI=1S/C15H15N5OS/c1-22(21)13-6-4-12(5-7-13)9-18-14-3-2-8-17-15(14)20-11-16-10-19-20/h2-8,10-11,18H,9H2,1H3/t22-/m0/s1. The van der Waals surface area contributed by atoms with Crippen LogP contribution in [0.5, 0.6) is 0 Å². The van der Waals surface area contributed by atoms with Gasteiger partial charge in [-0.2, -0.15) is 5.10 Å². The Kier molecular flexibility index (Phi) is 4.24. The van der Waals surface area contributed by atoms with Gasteiger partial charge in [-0.1, -0.05) is 12.1 Å². The van der Waals surface area contributed by atoms with Gasteiger partial charge in [0.1, 0.15) is 12.7 Å². The SMILES string of the molecule is C[S@](=O)c1ccc(CNc2cccnc2-n2cncn2)cc1. The molecule has 22 heavy (non-hydrogen) atoms. The van der Waals surface area contributed by atoms with Crippen LogP contribution in [0.3, 0.4) is 0 Å². The molecular formula is C15H15N5OS. The van der Waals surface area contributed by atoms with Gasteiger partial charge in [-0.25, -0.2) is 14.6 Å². The Bertz CT molecular complexity index is 771. The fraction of sp³-hybridized carbons (Fsp3) is 0.133. The topological polar surface area (TPSA) is 72.7 Å². The first-order valence-electron chi connectivity index (χ1n) is 6.70. The minimum atomic E-state index is -0.950. The molecule has 2 aromatic heterocycles. The number of rotatable bonds is 5. The monoisotopic (exact) mass is 313 g/mol. The maximum absolute atomic E-state index is 11.4. The fourth-order valence-electron chi connectivity index (χ4n) is 2.03. The lowest BCUT2D eigenvalue weighted by Crippen LogP contribution is -2.06. The highest BCUT2D eigenvalue weighted by Gasteiger charge is 2.06. The molecule has 112 valence electrons. The van der Waals surface area contributed by atoms with E-state index in [0.29, 0.717) is 12.4 Å². The first kappa shape index (κ1) is 14.4. The third kappa shape index (κ3) is 3.20. The predicted molar refractivity (Wildman–Crippen MR) is 85.3 cm³/mol. The Balaban J connectivity index is 1.76. The maximum atomic E-state index is 11.4. The van der Waals surface area contributed by atoms with Crippen LogP contribution in [-0.4, -0.2) is 30.2 Å². The molecule has 6 nitrogen and oxygen atoms in total. The Morgan fingerprint density at radius 2 is 2.05 bits per heavy atom. The van der Waals surface area contributed by atoms with Crippen molar-refractivity contribution in [1.29, 1.82) is 0 Å². The maximum Gasteiger partial charge on any atom is 0.178 e. The molecule has 0 unspecified atom stereocenters. The van der Waals surface area contributed by atoms with Crippen molar-refractivity contribution >= 4 is 16.5 Å². The van der Waals surface area contributed by atoms with Crippen LogP contribution in [0.25, 0.3) is 5.82 Å². The Morgan fingerprint density at radius 1 is 1.23 bits per heavy atom. The van der Waals surface area contributed by atoms with Crippen LogP contribution in [-0.2, 0) is 17.3 Å². The van der Waals surface area contributed by atoms with E-state index in [2.05, 4.69) is 20.4 Å². The zero-order chi connectivity index (χ0) is 15.4. The quantitative estimate of drug-likeness (QED) is 0.780. The summed E-state index contributed by atoms with van der Waals surface area (Å²) in [5.41, 5.74) is 1.97. The number of hydrogen-bond acceptors (Lipinski definition) is 5. The number of nitrogens with one attached hydrogen (secondary N) is 1. The van der Waals surface area contributed by atoms with E-state index in [4.69, 9.17) is 0 Å². The van der Waals surface area contributed by atoms with Gasteiger partial charge in [0.25, 0.3) is 0 Å². The lowest BCUT2D eigenvalue weighted by molar-refractivity contribution is 0.687. The molecule has 2 heterocycles. The van der Waals surface area contributed by atoms with Crippen LogP contribution in [0.2, 0.25) is 0 Å². The van der Waals surface area contributed by atoms with Gasteiger partial charge in [0.2, 0.25) is 0 Å². The summed E-state index contributed by atoms with van der Waals surface area (Å²) in [6.07, 6.45) is 6.47. The second kappa shape index (κ2) is 6.48. The molecule has 0 radical (unpaired) electrons. The molecule has 0 fully saturated rings. The molecule has 0 saturated carbocycles. The summed E-state index contributed by atoms with van der Waals surface area (Å²) in [5.74, 6) is 0.700. The highest BCUT2D eigenvalue weighted by molar-refractivity contribution is 7.84. The second-order valence-corrected chi connectivity index (χ2v) is 6.05. The third-order valence-corrected chi connectivity index (χ3v) is 4.10. The van der Waals surface area contributed by atoms with Gasteiger partial charge in [-0.15, -0.1) is 0 Å². The molecule has 0 saturated heterocycles. The van der Waals surface area contributed by atoms with Crippen molar-refractivity contribution in [2.24, 2.45) is 0 Å². The predicted octanol–water partition coefficient (Wildman–Crippen LogP) is 2.01. The van der Waals surface area contributed by atoms with E-state index in [-0.39, 0.29) is 0 Å². The number of pyridine rings is 1. The van der Waals surface area contributed by atoms with Gasteiger partial charge in [-0.05, 0) is 29.8 Å². The Morgan fingerprint density at radius 3 is 2.73 bits per heavy atom. The molecule has 3 aromatic rings. The van der Waals surface area contributed by atoms with Crippen LogP contribution in [0.4, 0.5) is 5.69 Å². The van der Waals surface area contributed by atoms with Gasteiger partial charge in [0.05, 0.1) is 5.69 Å². The largest absolute Gasteiger partial charge is 0.378 e. The summed E-state index contributed by atoms with van der Waals surface area (Å²) >= 11 is 0. The summed E-state index contributed by atoms with van der Waals surface area (Å²) in [4.78, 5) is 9.10. The second-order valence-electron chi connectivity index (χ2n) is 4.67. The number of nitrogens with zero attached hydrogens (tertiary/aromatic N) is 4. The molecule has 0 aliphatic rings. The number of aromatic nitrogens is 4. The Hall–Kier alpha value is -2.54. The van der Waals surface area contributed by atoms with Gasteiger partial charge < -0.3 is 5.32 Å². The first-order valence-corrected chi connectivity index (χ1v) is 8.26. The van der Waals surface area contributed by atoms with Gasteiger partial charge >= 0.3 is 0 Å². The first-order chi connectivity index (χ1) is 10.7. The fourth-order valence-corrected chi connectivity index (χ4v) is 2.55. The van der Waals surface area contributed by atoms with E-state index in [1.807, 2.05) is 36.4 Å². The van der Waals surface area contributed by atoms with Gasteiger partial charge in [-0.3, -0.25) is 4.21 Å². The van der Waals surface area contributed by atoms with Crippen LogP contribution in [0.15, 0.2) is 60.1 Å². The lowest BCUT2D eigenvalue weighted by atomic mass is 10.2. The van der Waals surface area contributed by atoms with Crippen LogP contribution in [0, 0.1) is 0 Å². The van der Waals surface area contributed by atoms with E-state index < -0.39 is 10.8 Å². The molecule has 3 rings (SSSR count). The van der Waals surface area contributed by atoms with E-state index in [1.54, 1.807) is 23.5 Å². The lowest BCUT2D eigenvalue weighted by Gasteiger charge is -2.10. The zero-order valence-corrected chi connectivity index (χ0v) is 12.8. The molecule has 0 aliphatic heterocycles. The van der Waals surface area contributed by atoms with Crippen LogP contribution >= 0.6 is 0 Å². The summed E-state index contributed by atoms with van der Waals surface area (Å²) in [6.45, 7) is 0.643. The normalized spacial score (nSPS) is 12.0. The molecule has 0 aliphatic carbocycles. The summed E-state index contributed by atoms with van der Waals surface area (Å²) < 4.78 is 13.0.